The van der Waals surface area contributed by atoms with E-state index < -0.39 is 0 Å². The Hall–Kier alpha value is -2.19. The number of imidazole rings is 1. The second kappa shape index (κ2) is 5.71. The smallest absolute Gasteiger partial charge is 0.228 e. The molecule has 0 spiro atoms. The van der Waals surface area contributed by atoms with Crippen LogP contribution in [0.15, 0.2) is 18.7 Å². The van der Waals surface area contributed by atoms with Crippen LogP contribution >= 0.6 is 12.4 Å². The van der Waals surface area contributed by atoms with Crippen LogP contribution in [0.5, 0.6) is 0 Å². The average Bonchev–Trinajstić information content (AvgIpc) is 3.29. The number of H-pyrrole nitrogens is 1. The van der Waals surface area contributed by atoms with E-state index in [9.17, 15) is 0 Å². The lowest BCUT2D eigenvalue weighted by atomic mass is 10.0. The number of aromatic nitrogens is 6. The minimum Gasteiger partial charge on any atom is -0.341 e. The minimum absolute atomic E-state index is 0. The summed E-state index contributed by atoms with van der Waals surface area (Å²) in [6.07, 6.45) is 5.47. The molecule has 2 saturated heterocycles. The zero-order valence-electron chi connectivity index (χ0n) is 13.3. The standard InChI is InChI=1S/C15H18N8.ClH/c1-22-5-11(4-19-22)12-13-14(18-8-17-13)21-15(20-12)23-6-9-2-16-3-10(9)7-23;/h4-5,8-10,16H,2-3,6-7H2,1H3,(H,17,18,20,21);1H. The molecular weight excluding hydrogens is 328 g/mol. The Labute approximate surface area is 145 Å². The molecule has 126 valence electrons. The third kappa shape index (κ3) is 2.33. The summed E-state index contributed by atoms with van der Waals surface area (Å²) in [6.45, 7) is 4.22. The number of anilines is 1. The van der Waals surface area contributed by atoms with Gasteiger partial charge in [-0.2, -0.15) is 10.1 Å². The first-order valence-corrected chi connectivity index (χ1v) is 7.94. The zero-order valence-corrected chi connectivity index (χ0v) is 14.1. The van der Waals surface area contributed by atoms with Gasteiger partial charge in [-0.3, -0.25) is 4.68 Å². The van der Waals surface area contributed by atoms with Gasteiger partial charge in [0.1, 0.15) is 11.2 Å². The van der Waals surface area contributed by atoms with Gasteiger partial charge in [-0.25, -0.2) is 9.97 Å². The zero-order chi connectivity index (χ0) is 15.4. The number of halogens is 1. The highest BCUT2D eigenvalue weighted by atomic mass is 35.5. The Morgan fingerprint density at radius 1 is 1.17 bits per heavy atom. The van der Waals surface area contributed by atoms with Crippen LogP contribution in [0.25, 0.3) is 22.4 Å². The lowest BCUT2D eigenvalue weighted by Crippen LogP contribution is -2.27. The van der Waals surface area contributed by atoms with Crippen molar-refractivity contribution >= 4 is 29.5 Å². The van der Waals surface area contributed by atoms with Crippen LogP contribution in [0.4, 0.5) is 5.95 Å². The fraction of sp³-hybridized carbons (Fsp3) is 0.467. The van der Waals surface area contributed by atoms with Gasteiger partial charge in [-0.1, -0.05) is 0 Å². The average molecular weight is 347 g/mol. The number of nitrogens with one attached hydrogen (secondary N) is 2. The molecule has 0 aliphatic carbocycles. The van der Waals surface area contributed by atoms with Crippen LogP contribution in [0, 0.1) is 11.8 Å². The number of aromatic amines is 1. The van der Waals surface area contributed by atoms with Crippen molar-refractivity contribution in [2.24, 2.45) is 18.9 Å². The van der Waals surface area contributed by atoms with E-state index in [4.69, 9.17) is 4.98 Å². The van der Waals surface area contributed by atoms with E-state index in [1.165, 1.54) is 0 Å². The number of hydrogen-bond donors (Lipinski definition) is 2. The Morgan fingerprint density at radius 3 is 2.67 bits per heavy atom. The van der Waals surface area contributed by atoms with Crippen molar-refractivity contribution in [1.29, 1.82) is 0 Å². The highest BCUT2D eigenvalue weighted by Gasteiger charge is 2.37. The summed E-state index contributed by atoms with van der Waals surface area (Å²) in [4.78, 5) is 19.3. The van der Waals surface area contributed by atoms with Crippen LogP contribution in [0.3, 0.4) is 0 Å². The van der Waals surface area contributed by atoms with Crippen molar-refractivity contribution in [2.45, 2.75) is 0 Å². The molecule has 2 aliphatic heterocycles. The molecule has 0 aromatic carbocycles. The highest BCUT2D eigenvalue weighted by Crippen LogP contribution is 2.31. The first-order valence-electron chi connectivity index (χ1n) is 7.94. The molecule has 5 heterocycles. The molecule has 0 bridgehead atoms. The van der Waals surface area contributed by atoms with Gasteiger partial charge in [-0.15, -0.1) is 12.4 Å². The molecule has 2 unspecified atom stereocenters. The van der Waals surface area contributed by atoms with Gasteiger partial charge in [0.05, 0.1) is 12.5 Å². The summed E-state index contributed by atoms with van der Waals surface area (Å²) in [5.41, 5.74) is 3.42. The van der Waals surface area contributed by atoms with E-state index in [1.807, 2.05) is 19.4 Å². The van der Waals surface area contributed by atoms with Gasteiger partial charge < -0.3 is 15.2 Å². The number of nitrogens with zero attached hydrogens (tertiary/aromatic N) is 6. The van der Waals surface area contributed by atoms with Crippen LogP contribution in [-0.4, -0.2) is 55.9 Å². The topological polar surface area (TPSA) is 87.5 Å². The van der Waals surface area contributed by atoms with Gasteiger partial charge in [0, 0.05) is 45.0 Å². The summed E-state index contributed by atoms with van der Waals surface area (Å²) in [6, 6.07) is 0. The lowest BCUT2D eigenvalue weighted by Gasteiger charge is -2.17. The van der Waals surface area contributed by atoms with Crippen molar-refractivity contribution in [1.82, 2.24) is 35.0 Å². The maximum atomic E-state index is 4.84. The van der Waals surface area contributed by atoms with Crippen LogP contribution in [0.2, 0.25) is 0 Å². The quantitative estimate of drug-likeness (QED) is 0.714. The second-order valence-electron chi connectivity index (χ2n) is 6.46. The van der Waals surface area contributed by atoms with E-state index >= 15 is 0 Å². The number of hydrogen-bond acceptors (Lipinski definition) is 6. The molecule has 3 aromatic heterocycles. The van der Waals surface area contributed by atoms with Crippen molar-refractivity contribution in [2.75, 3.05) is 31.1 Å². The molecule has 2 atom stereocenters. The maximum absolute atomic E-state index is 4.84. The Balaban J connectivity index is 0.00000146. The van der Waals surface area contributed by atoms with E-state index in [-0.39, 0.29) is 12.4 Å². The van der Waals surface area contributed by atoms with Gasteiger partial charge in [-0.05, 0) is 11.8 Å². The monoisotopic (exact) mass is 346 g/mol. The van der Waals surface area contributed by atoms with Gasteiger partial charge in [0.25, 0.3) is 0 Å². The predicted molar refractivity (Wildman–Crippen MR) is 93.2 cm³/mol. The summed E-state index contributed by atoms with van der Waals surface area (Å²) < 4.78 is 1.78. The second-order valence-corrected chi connectivity index (χ2v) is 6.46. The van der Waals surface area contributed by atoms with E-state index in [1.54, 1.807) is 11.0 Å². The SMILES string of the molecule is Cl.Cn1cc(-c2nc(N3CC4CNCC4C3)nc3nc[nH]c23)cn1. The first-order chi connectivity index (χ1) is 11.3. The molecule has 0 radical (unpaired) electrons. The summed E-state index contributed by atoms with van der Waals surface area (Å²) in [5, 5.41) is 7.72. The largest absolute Gasteiger partial charge is 0.341 e. The fourth-order valence-corrected chi connectivity index (χ4v) is 3.73. The molecule has 0 saturated carbocycles. The summed E-state index contributed by atoms with van der Waals surface area (Å²) in [7, 11) is 1.91. The Morgan fingerprint density at radius 2 is 1.96 bits per heavy atom. The molecule has 5 rings (SSSR count). The first kappa shape index (κ1) is 15.3. The molecule has 3 aromatic rings. The van der Waals surface area contributed by atoms with Crippen LogP contribution in [0.1, 0.15) is 0 Å². The maximum Gasteiger partial charge on any atom is 0.228 e. The van der Waals surface area contributed by atoms with E-state index in [0.717, 1.165) is 48.9 Å². The number of aryl methyl sites for hydroxylation is 1. The van der Waals surface area contributed by atoms with Crippen LogP contribution in [-0.2, 0) is 7.05 Å². The summed E-state index contributed by atoms with van der Waals surface area (Å²) >= 11 is 0. The number of fused-ring (bicyclic) bond motifs is 2. The molecule has 2 aliphatic rings. The number of rotatable bonds is 2. The third-order valence-corrected chi connectivity index (χ3v) is 4.92. The van der Waals surface area contributed by atoms with Crippen LogP contribution < -0.4 is 10.2 Å². The normalized spacial score (nSPS) is 22.8. The predicted octanol–water partition coefficient (Wildman–Crippen LogP) is 0.831. The molecule has 8 nitrogen and oxygen atoms in total. The Bertz CT molecular complexity index is 859. The van der Waals surface area contributed by atoms with Crippen molar-refractivity contribution in [3.05, 3.63) is 18.7 Å². The Kier molecular flexibility index (Phi) is 3.65. The fourth-order valence-electron chi connectivity index (χ4n) is 3.73. The molecular formula is C15H19ClN8. The highest BCUT2D eigenvalue weighted by molar-refractivity contribution is 5.87. The molecule has 2 fully saturated rings. The van der Waals surface area contributed by atoms with Gasteiger partial charge in [0.2, 0.25) is 5.95 Å². The molecule has 9 heteroatoms. The van der Waals surface area contributed by atoms with Crippen molar-refractivity contribution in [3.8, 4) is 11.3 Å². The molecule has 2 N–H and O–H groups in total. The van der Waals surface area contributed by atoms with Crippen molar-refractivity contribution in [3.63, 3.8) is 0 Å². The molecule has 24 heavy (non-hydrogen) atoms. The van der Waals surface area contributed by atoms with Gasteiger partial charge in [0.15, 0.2) is 5.65 Å². The molecule has 0 amide bonds. The van der Waals surface area contributed by atoms with Gasteiger partial charge >= 0.3 is 0 Å². The third-order valence-electron chi connectivity index (χ3n) is 4.92. The van der Waals surface area contributed by atoms with E-state index in [2.05, 4.69) is 30.3 Å². The minimum atomic E-state index is 0. The van der Waals surface area contributed by atoms with E-state index in [0.29, 0.717) is 17.5 Å². The summed E-state index contributed by atoms with van der Waals surface area (Å²) in [5.74, 6) is 2.18. The van der Waals surface area contributed by atoms with Crippen molar-refractivity contribution < 1.29 is 0 Å². The lowest BCUT2D eigenvalue weighted by molar-refractivity contribution is 0.533.